The van der Waals surface area contributed by atoms with Crippen LogP contribution in [0.4, 0.5) is 5.69 Å². The summed E-state index contributed by atoms with van der Waals surface area (Å²) in [7, 11) is -4.00. The first-order valence-electron chi connectivity index (χ1n) is 9.21. The lowest BCUT2D eigenvalue weighted by Gasteiger charge is -2.24. The van der Waals surface area contributed by atoms with E-state index in [1.807, 2.05) is 30.3 Å². The molecule has 0 saturated heterocycles. The van der Waals surface area contributed by atoms with E-state index in [1.165, 1.54) is 30.3 Å². The van der Waals surface area contributed by atoms with Crippen LogP contribution in [0.15, 0.2) is 83.8 Å². The highest BCUT2D eigenvalue weighted by molar-refractivity contribution is 7.92. The number of sulfonamides is 1. The normalized spacial score (nSPS) is 11.1. The van der Waals surface area contributed by atoms with Crippen molar-refractivity contribution in [1.29, 1.82) is 0 Å². The van der Waals surface area contributed by atoms with Gasteiger partial charge in [-0.05, 0) is 54.4 Å². The van der Waals surface area contributed by atoms with Gasteiger partial charge in [-0.1, -0.05) is 59.6 Å². The second-order valence-electron chi connectivity index (χ2n) is 6.53. The first kappa shape index (κ1) is 22.2. The minimum absolute atomic E-state index is 0.0314. The molecule has 0 aromatic heterocycles. The van der Waals surface area contributed by atoms with Crippen LogP contribution in [0.2, 0.25) is 10.0 Å². The summed E-state index contributed by atoms with van der Waals surface area (Å²) in [5, 5.41) is 3.57. The predicted molar refractivity (Wildman–Crippen MR) is 121 cm³/mol. The van der Waals surface area contributed by atoms with Gasteiger partial charge in [0.15, 0.2) is 0 Å². The Labute approximate surface area is 186 Å². The Balaban J connectivity index is 1.79. The standard InChI is InChI=1S/C22H20Cl2N2O3S/c23-18-9-11-21(12-10-18)30(28,29)26(20-8-4-7-19(24)15-20)16-22(27)25-14-13-17-5-2-1-3-6-17/h1-12,15H,13-14,16H2,(H,25,27). The van der Waals surface area contributed by atoms with E-state index >= 15 is 0 Å². The number of amides is 1. The number of hydrogen-bond donors (Lipinski definition) is 1. The molecular weight excluding hydrogens is 443 g/mol. The zero-order chi connectivity index (χ0) is 21.6. The van der Waals surface area contributed by atoms with Crippen molar-refractivity contribution in [3.8, 4) is 0 Å². The van der Waals surface area contributed by atoms with Gasteiger partial charge in [0, 0.05) is 16.6 Å². The van der Waals surface area contributed by atoms with Gasteiger partial charge in [-0.15, -0.1) is 0 Å². The SMILES string of the molecule is O=C(CN(c1cccc(Cl)c1)S(=O)(=O)c1ccc(Cl)cc1)NCCc1ccccc1. The Hall–Kier alpha value is -2.54. The number of carbonyl (C=O) groups is 1. The van der Waals surface area contributed by atoms with Crippen molar-refractivity contribution in [2.45, 2.75) is 11.3 Å². The third kappa shape index (κ3) is 5.75. The van der Waals surface area contributed by atoms with Gasteiger partial charge in [0.25, 0.3) is 10.0 Å². The molecule has 0 atom stereocenters. The summed E-state index contributed by atoms with van der Waals surface area (Å²) in [5.41, 5.74) is 1.38. The molecule has 0 heterocycles. The van der Waals surface area contributed by atoms with Gasteiger partial charge in [-0.3, -0.25) is 9.10 Å². The number of halogens is 2. The van der Waals surface area contributed by atoms with Crippen molar-refractivity contribution in [2.24, 2.45) is 0 Å². The van der Waals surface area contributed by atoms with Crippen LogP contribution < -0.4 is 9.62 Å². The Morgan fingerprint density at radius 3 is 2.23 bits per heavy atom. The van der Waals surface area contributed by atoms with Gasteiger partial charge in [0.1, 0.15) is 6.54 Å². The fourth-order valence-electron chi connectivity index (χ4n) is 2.86. The second kappa shape index (κ2) is 9.98. The van der Waals surface area contributed by atoms with Crippen molar-refractivity contribution < 1.29 is 13.2 Å². The summed E-state index contributed by atoms with van der Waals surface area (Å²) in [4.78, 5) is 12.6. The third-order valence-electron chi connectivity index (χ3n) is 4.36. The molecule has 0 aliphatic rings. The van der Waals surface area contributed by atoms with Crippen LogP contribution in [0.25, 0.3) is 0 Å². The summed E-state index contributed by atoms with van der Waals surface area (Å²) in [6.45, 7) is 0.0211. The van der Waals surface area contributed by atoms with Gasteiger partial charge in [0.05, 0.1) is 10.6 Å². The smallest absolute Gasteiger partial charge is 0.264 e. The molecule has 30 heavy (non-hydrogen) atoms. The molecule has 0 fully saturated rings. The molecule has 8 heteroatoms. The summed E-state index contributed by atoms with van der Waals surface area (Å²) in [5.74, 6) is -0.413. The highest BCUT2D eigenvalue weighted by atomic mass is 35.5. The minimum atomic E-state index is -4.00. The topological polar surface area (TPSA) is 66.5 Å². The van der Waals surface area contributed by atoms with E-state index in [4.69, 9.17) is 23.2 Å². The van der Waals surface area contributed by atoms with Crippen LogP contribution >= 0.6 is 23.2 Å². The largest absolute Gasteiger partial charge is 0.354 e. The van der Waals surface area contributed by atoms with Crippen molar-refractivity contribution in [3.63, 3.8) is 0 Å². The van der Waals surface area contributed by atoms with Crippen LogP contribution in [0, 0.1) is 0 Å². The van der Waals surface area contributed by atoms with Crippen molar-refractivity contribution in [3.05, 3.63) is 94.5 Å². The lowest BCUT2D eigenvalue weighted by atomic mass is 10.1. The Kier molecular flexibility index (Phi) is 7.37. The molecule has 0 unspecified atom stereocenters. The number of carbonyl (C=O) groups excluding carboxylic acids is 1. The summed E-state index contributed by atoms with van der Waals surface area (Å²) in [6.07, 6.45) is 0.647. The highest BCUT2D eigenvalue weighted by Gasteiger charge is 2.27. The molecule has 1 N–H and O–H groups in total. The molecule has 5 nitrogen and oxygen atoms in total. The van der Waals surface area contributed by atoms with Gasteiger partial charge >= 0.3 is 0 Å². The van der Waals surface area contributed by atoms with E-state index in [0.29, 0.717) is 28.7 Å². The maximum atomic E-state index is 13.2. The van der Waals surface area contributed by atoms with Crippen LogP contribution in [-0.4, -0.2) is 27.4 Å². The summed E-state index contributed by atoms with van der Waals surface area (Å²) in [6, 6.07) is 21.9. The van der Waals surface area contributed by atoms with E-state index in [0.717, 1.165) is 9.87 Å². The molecule has 0 bridgehead atoms. The molecule has 3 rings (SSSR count). The molecule has 0 saturated carbocycles. The summed E-state index contributed by atoms with van der Waals surface area (Å²) < 4.78 is 27.5. The van der Waals surface area contributed by atoms with Crippen LogP contribution in [-0.2, 0) is 21.2 Å². The first-order valence-corrected chi connectivity index (χ1v) is 11.4. The first-order chi connectivity index (χ1) is 14.4. The molecule has 0 spiro atoms. The molecular formula is C22H20Cl2N2O3S. The van der Waals surface area contributed by atoms with Gasteiger partial charge in [-0.25, -0.2) is 8.42 Å². The fourth-order valence-corrected chi connectivity index (χ4v) is 4.58. The number of nitrogens with zero attached hydrogens (tertiary/aromatic N) is 1. The Bertz CT molecular complexity index is 1100. The van der Waals surface area contributed by atoms with E-state index in [2.05, 4.69) is 5.32 Å². The predicted octanol–water partition coefficient (Wildman–Crippen LogP) is 4.55. The van der Waals surface area contributed by atoms with Crippen LogP contribution in [0.5, 0.6) is 0 Å². The average Bonchev–Trinajstić information content (AvgIpc) is 2.73. The number of rotatable bonds is 8. The quantitative estimate of drug-likeness (QED) is 0.533. The lowest BCUT2D eigenvalue weighted by molar-refractivity contribution is -0.119. The highest BCUT2D eigenvalue weighted by Crippen LogP contribution is 2.26. The molecule has 0 radical (unpaired) electrons. The molecule has 0 aliphatic carbocycles. The molecule has 0 aliphatic heterocycles. The number of anilines is 1. The Morgan fingerprint density at radius 1 is 0.867 bits per heavy atom. The number of hydrogen-bond acceptors (Lipinski definition) is 3. The maximum absolute atomic E-state index is 13.2. The van der Waals surface area contributed by atoms with E-state index < -0.39 is 15.9 Å². The molecule has 156 valence electrons. The van der Waals surface area contributed by atoms with E-state index in [1.54, 1.807) is 18.2 Å². The molecule has 3 aromatic rings. The summed E-state index contributed by atoms with van der Waals surface area (Å²) >= 11 is 11.9. The van der Waals surface area contributed by atoms with Gasteiger partial charge in [0.2, 0.25) is 5.91 Å². The van der Waals surface area contributed by atoms with Crippen molar-refractivity contribution in [1.82, 2.24) is 5.32 Å². The average molecular weight is 463 g/mol. The number of nitrogens with one attached hydrogen (secondary N) is 1. The zero-order valence-corrected chi connectivity index (χ0v) is 18.3. The van der Waals surface area contributed by atoms with Crippen LogP contribution in [0.1, 0.15) is 5.56 Å². The van der Waals surface area contributed by atoms with E-state index in [9.17, 15) is 13.2 Å². The van der Waals surface area contributed by atoms with Crippen LogP contribution in [0.3, 0.4) is 0 Å². The lowest BCUT2D eigenvalue weighted by Crippen LogP contribution is -2.41. The van der Waals surface area contributed by atoms with Crippen molar-refractivity contribution >= 4 is 44.8 Å². The minimum Gasteiger partial charge on any atom is -0.354 e. The van der Waals surface area contributed by atoms with Crippen molar-refractivity contribution in [2.75, 3.05) is 17.4 Å². The molecule has 3 aromatic carbocycles. The zero-order valence-electron chi connectivity index (χ0n) is 16.0. The van der Waals surface area contributed by atoms with E-state index in [-0.39, 0.29) is 11.4 Å². The molecule has 1 amide bonds. The monoisotopic (exact) mass is 462 g/mol. The fraction of sp³-hybridized carbons (Fsp3) is 0.136. The number of benzene rings is 3. The van der Waals surface area contributed by atoms with Gasteiger partial charge in [-0.2, -0.15) is 0 Å². The third-order valence-corrected chi connectivity index (χ3v) is 6.64. The van der Waals surface area contributed by atoms with Gasteiger partial charge < -0.3 is 5.32 Å². The Morgan fingerprint density at radius 2 is 1.57 bits per heavy atom. The second-order valence-corrected chi connectivity index (χ2v) is 9.27. The maximum Gasteiger partial charge on any atom is 0.264 e.